The van der Waals surface area contributed by atoms with Gasteiger partial charge in [-0.25, -0.2) is 0 Å². The zero-order valence-corrected chi connectivity index (χ0v) is 10.6. The van der Waals surface area contributed by atoms with E-state index in [4.69, 9.17) is 0 Å². The number of H-pyrrole nitrogens is 1. The normalized spacial score (nSPS) is 25.2. The highest BCUT2D eigenvalue weighted by molar-refractivity contribution is 5.22. The highest BCUT2D eigenvalue weighted by Gasteiger charge is 2.25. The Morgan fingerprint density at radius 1 is 1.38 bits per heavy atom. The van der Waals surface area contributed by atoms with Gasteiger partial charge in [0.2, 0.25) is 0 Å². The Morgan fingerprint density at radius 3 is 2.81 bits per heavy atom. The molecule has 2 atom stereocenters. The quantitative estimate of drug-likeness (QED) is 0.820. The molecule has 3 heteroatoms. The molecule has 3 nitrogen and oxygen atoms in total. The Morgan fingerprint density at radius 2 is 2.19 bits per heavy atom. The lowest BCUT2D eigenvalue weighted by Gasteiger charge is -2.19. The van der Waals surface area contributed by atoms with Crippen molar-refractivity contribution in [3.05, 3.63) is 17.0 Å². The van der Waals surface area contributed by atoms with Crippen LogP contribution in [0.5, 0.6) is 0 Å². The third-order valence-electron chi connectivity index (χ3n) is 4.01. The van der Waals surface area contributed by atoms with E-state index in [1.165, 1.54) is 36.9 Å². The molecule has 16 heavy (non-hydrogen) atoms. The van der Waals surface area contributed by atoms with Gasteiger partial charge in [-0.2, -0.15) is 5.10 Å². The van der Waals surface area contributed by atoms with Gasteiger partial charge in [-0.1, -0.05) is 19.8 Å². The average Bonchev–Trinajstić information content (AvgIpc) is 2.84. The van der Waals surface area contributed by atoms with Crippen molar-refractivity contribution < 1.29 is 0 Å². The van der Waals surface area contributed by atoms with E-state index in [1.807, 2.05) is 0 Å². The van der Waals surface area contributed by atoms with Crippen LogP contribution in [0.3, 0.4) is 0 Å². The topological polar surface area (TPSA) is 40.7 Å². The molecule has 0 saturated heterocycles. The van der Waals surface area contributed by atoms with Crippen LogP contribution >= 0.6 is 0 Å². The van der Waals surface area contributed by atoms with Gasteiger partial charge < -0.3 is 5.32 Å². The lowest BCUT2D eigenvalue weighted by Crippen LogP contribution is -2.31. The van der Waals surface area contributed by atoms with Gasteiger partial charge in [-0.15, -0.1) is 0 Å². The number of nitrogens with zero attached hydrogens (tertiary/aromatic N) is 1. The lowest BCUT2D eigenvalue weighted by atomic mass is 10.0. The summed E-state index contributed by atoms with van der Waals surface area (Å²) in [5.74, 6) is 0.882. The zero-order valence-electron chi connectivity index (χ0n) is 10.6. The highest BCUT2D eigenvalue weighted by atomic mass is 15.1. The number of aryl methyl sites for hydroxylation is 2. The molecule has 0 bridgehead atoms. The predicted molar refractivity (Wildman–Crippen MR) is 66.3 cm³/mol. The van der Waals surface area contributed by atoms with Crippen LogP contribution in [0.15, 0.2) is 0 Å². The van der Waals surface area contributed by atoms with Gasteiger partial charge in [0, 0.05) is 23.8 Å². The van der Waals surface area contributed by atoms with Crippen molar-refractivity contribution in [3.63, 3.8) is 0 Å². The van der Waals surface area contributed by atoms with Crippen LogP contribution in [0.2, 0.25) is 0 Å². The zero-order chi connectivity index (χ0) is 11.5. The fourth-order valence-corrected chi connectivity index (χ4v) is 2.86. The molecule has 0 aromatic carbocycles. The van der Waals surface area contributed by atoms with Gasteiger partial charge in [0.25, 0.3) is 0 Å². The fraction of sp³-hybridized carbons (Fsp3) is 0.769. The summed E-state index contributed by atoms with van der Waals surface area (Å²) in [5, 5.41) is 11.0. The molecular formula is C13H23N3. The first kappa shape index (κ1) is 11.6. The van der Waals surface area contributed by atoms with Crippen molar-refractivity contribution in [2.24, 2.45) is 5.92 Å². The maximum absolute atomic E-state index is 4.24. The minimum absolute atomic E-state index is 0.721. The number of aromatic nitrogens is 2. The molecule has 1 saturated carbocycles. The molecule has 1 aromatic rings. The van der Waals surface area contributed by atoms with Crippen LogP contribution < -0.4 is 5.32 Å². The second-order valence-corrected chi connectivity index (χ2v) is 5.00. The van der Waals surface area contributed by atoms with E-state index in [0.29, 0.717) is 0 Å². The van der Waals surface area contributed by atoms with Crippen molar-refractivity contribution >= 4 is 0 Å². The average molecular weight is 221 g/mol. The second kappa shape index (κ2) is 5.00. The summed E-state index contributed by atoms with van der Waals surface area (Å²) in [6.07, 6.45) is 5.44. The Kier molecular flexibility index (Phi) is 3.64. The van der Waals surface area contributed by atoms with E-state index in [9.17, 15) is 0 Å². The molecule has 90 valence electrons. The van der Waals surface area contributed by atoms with Crippen LogP contribution in [0.1, 0.15) is 49.6 Å². The first-order chi connectivity index (χ1) is 7.72. The molecule has 2 rings (SSSR count). The van der Waals surface area contributed by atoms with Crippen molar-refractivity contribution in [2.45, 2.75) is 59.0 Å². The van der Waals surface area contributed by atoms with E-state index in [2.05, 4.69) is 36.3 Å². The maximum atomic E-state index is 4.24. The number of hydrogen-bond donors (Lipinski definition) is 2. The maximum Gasteiger partial charge on any atom is 0.0638 e. The van der Waals surface area contributed by atoms with Gasteiger partial charge >= 0.3 is 0 Å². The van der Waals surface area contributed by atoms with Crippen molar-refractivity contribution in [1.82, 2.24) is 15.5 Å². The standard InChI is InChI=1S/C13H23N3/c1-4-11-6-5-7-13(11)14-8-12-9(2)15-16-10(12)3/h11,13-14H,4-8H2,1-3H3,(H,15,16). The van der Waals surface area contributed by atoms with E-state index >= 15 is 0 Å². The Labute approximate surface area is 98.0 Å². The molecule has 2 unspecified atom stereocenters. The van der Waals surface area contributed by atoms with E-state index in [-0.39, 0.29) is 0 Å². The first-order valence-electron chi connectivity index (χ1n) is 6.46. The first-order valence-corrected chi connectivity index (χ1v) is 6.46. The second-order valence-electron chi connectivity index (χ2n) is 5.00. The highest BCUT2D eigenvalue weighted by Crippen LogP contribution is 2.28. The Hall–Kier alpha value is -0.830. The van der Waals surface area contributed by atoms with Crippen LogP contribution in [-0.2, 0) is 6.54 Å². The van der Waals surface area contributed by atoms with E-state index in [0.717, 1.165) is 24.2 Å². The number of rotatable bonds is 4. The van der Waals surface area contributed by atoms with E-state index < -0.39 is 0 Å². The Bertz CT molecular complexity index is 323. The lowest BCUT2D eigenvalue weighted by molar-refractivity contribution is 0.389. The molecule has 0 radical (unpaired) electrons. The van der Waals surface area contributed by atoms with Gasteiger partial charge in [0.15, 0.2) is 0 Å². The molecule has 1 fully saturated rings. The summed E-state index contributed by atoms with van der Waals surface area (Å²) in [7, 11) is 0. The monoisotopic (exact) mass is 221 g/mol. The molecule has 1 aliphatic rings. The van der Waals surface area contributed by atoms with Crippen LogP contribution in [-0.4, -0.2) is 16.2 Å². The minimum Gasteiger partial charge on any atom is -0.310 e. The van der Waals surface area contributed by atoms with Gasteiger partial charge in [0.1, 0.15) is 0 Å². The predicted octanol–water partition coefficient (Wildman–Crippen LogP) is 2.69. The third kappa shape index (κ3) is 2.29. The third-order valence-corrected chi connectivity index (χ3v) is 4.01. The van der Waals surface area contributed by atoms with Gasteiger partial charge in [-0.05, 0) is 32.6 Å². The van der Waals surface area contributed by atoms with Crippen LogP contribution in [0.4, 0.5) is 0 Å². The van der Waals surface area contributed by atoms with Crippen LogP contribution in [0, 0.1) is 19.8 Å². The SMILES string of the molecule is CCC1CCCC1NCc1c(C)n[nH]c1C. The summed E-state index contributed by atoms with van der Waals surface area (Å²) in [6.45, 7) is 7.45. The summed E-state index contributed by atoms with van der Waals surface area (Å²) in [4.78, 5) is 0. The molecule has 2 N–H and O–H groups in total. The molecule has 0 aliphatic heterocycles. The molecule has 0 amide bonds. The fourth-order valence-electron chi connectivity index (χ4n) is 2.86. The summed E-state index contributed by atoms with van der Waals surface area (Å²) in [6, 6.07) is 0.721. The van der Waals surface area contributed by atoms with E-state index in [1.54, 1.807) is 0 Å². The molecule has 1 aromatic heterocycles. The Balaban J connectivity index is 1.92. The van der Waals surface area contributed by atoms with Crippen molar-refractivity contribution in [1.29, 1.82) is 0 Å². The largest absolute Gasteiger partial charge is 0.310 e. The van der Waals surface area contributed by atoms with Crippen LogP contribution in [0.25, 0.3) is 0 Å². The molecule has 1 heterocycles. The summed E-state index contributed by atoms with van der Waals surface area (Å²) in [5.41, 5.74) is 3.69. The number of nitrogens with one attached hydrogen (secondary N) is 2. The molecular weight excluding hydrogens is 198 g/mol. The summed E-state index contributed by atoms with van der Waals surface area (Å²) < 4.78 is 0. The number of hydrogen-bond acceptors (Lipinski definition) is 2. The van der Waals surface area contributed by atoms with Crippen molar-refractivity contribution in [2.75, 3.05) is 0 Å². The molecule has 1 aliphatic carbocycles. The van der Waals surface area contributed by atoms with Gasteiger partial charge in [0.05, 0.1) is 5.69 Å². The smallest absolute Gasteiger partial charge is 0.0638 e. The number of aromatic amines is 1. The summed E-state index contributed by atoms with van der Waals surface area (Å²) >= 11 is 0. The van der Waals surface area contributed by atoms with Crippen molar-refractivity contribution in [3.8, 4) is 0 Å². The minimum atomic E-state index is 0.721. The molecule has 0 spiro atoms. The van der Waals surface area contributed by atoms with Gasteiger partial charge in [-0.3, -0.25) is 5.10 Å².